The van der Waals surface area contributed by atoms with Crippen LogP contribution in [0.5, 0.6) is 0 Å². The van der Waals surface area contributed by atoms with E-state index < -0.39 is 5.91 Å². The number of H-pyrrole nitrogens is 1. The molecular weight excluding hydrogens is 276 g/mol. The van der Waals surface area contributed by atoms with Gasteiger partial charge in [-0.05, 0) is 17.7 Å². The summed E-state index contributed by atoms with van der Waals surface area (Å²) in [7, 11) is 1.84. The van der Waals surface area contributed by atoms with Gasteiger partial charge in [0.15, 0.2) is 0 Å². The molecule has 0 radical (unpaired) electrons. The Kier molecular flexibility index (Phi) is 3.62. The zero-order valence-electron chi connectivity index (χ0n) is 12.1. The molecule has 2 heterocycles. The van der Waals surface area contributed by atoms with Gasteiger partial charge in [-0.3, -0.25) is 4.79 Å². The van der Waals surface area contributed by atoms with E-state index >= 15 is 0 Å². The largest absolute Gasteiger partial charge is 0.387 e. The smallest absolute Gasteiger partial charge is 0.249 e. The Morgan fingerprint density at radius 3 is 2.77 bits per heavy atom. The summed E-state index contributed by atoms with van der Waals surface area (Å²) in [5.41, 5.74) is 9.35. The quantitative estimate of drug-likeness (QED) is 0.646. The predicted octanol–water partition coefficient (Wildman–Crippen LogP) is 2.63. The standard InChI is InChI=1S/C17H16N4O/c1-19-13-8-15-12(9-20-17(15)21-10-13)7-14(16(18)22)11-5-3-2-4-6-11/h2-10,19H,1H3,(H2,18,22)(H,20,21). The fourth-order valence-corrected chi connectivity index (χ4v) is 2.35. The summed E-state index contributed by atoms with van der Waals surface area (Å²) in [5.74, 6) is -0.460. The third kappa shape index (κ3) is 2.56. The van der Waals surface area contributed by atoms with E-state index in [-0.39, 0.29) is 0 Å². The summed E-state index contributed by atoms with van der Waals surface area (Å²) in [5, 5.41) is 3.99. The number of carbonyl (C=O) groups excluding carboxylic acids is 1. The molecule has 0 saturated carbocycles. The fourth-order valence-electron chi connectivity index (χ4n) is 2.35. The minimum absolute atomic E-state index is 0.460. The number of aromatic amines is 1. The van der Waals surface area contributed by atoms with Crippen LogP contribution in [0.2, 0.25) is 0 Å². The Hall–Kier alpha value is -3.08. The van der Waals surface area contributed by atoms with Crippen LogP contribution < -0.4 is 11.1 Å². The number of anilines is 1. The summed E-state index contributed by atoms with van der Waals surface area (Å²) in [6.45, 7) is 0. The number of nitrogens with one attached hydrogen (secondary N) is 2. The van der Waals surface area contributed by atoms with Crippen molar-refractivity contribution >= 4 is 34.3 Å². The summed E-state index contributed by atoms with van der Waals surface area (Å²) in [6, 6.07) is 11.4. The first-order chi connectivity index (χ1) is 10.7. The van der Waals surface area contributed by atoms with Crippen molar-refractivity contribution in [2.75, 3.05) is 12.4 Å². The number of amides is 1. The monoisotopic (exact) mass is 292 g/mol. The zero-order chi connectivity index (χ0) is 15.5. The Bertz CT molecular complexity index is 849. The van der Waals surface area contributed by atoms with E-state index in [0.717, 1.165) is 27.8 Å². The summed E-state index contributed by atoms with van der Waals surface area (Å²) < 4.78 is 0. The van der Waals surface area contributed by atoms with Gasteiger partial charge < -0.3 is 16.0 Å². The highest BCUT2D eigenvalue weighted by atomic mass is 16.1. The molecule has 0 unspecified atom stereocenters. The van der Waals surface area contributed by atoms with Crippen molar-refractivity contribution in [3.63, 3.8) is 0 Å². The van der Waals surface area contributed by atoms with Crippen LogP contribution in [-0.4, -0.2) is 22.9 Å². The van der Waals surface area contributed by atoms with Crippen molar-refractivity contribution in [3.05, 3.63) is 59.9 Å². The van der Waals surface area contributed by atoms with Crippen LogP contribution in [0.3, 0.4) is 0 Å². The molecule has 1 amide bonds. The number of nitrogens with zero attached hydrogens (tertiary/aromatic N) is 1. The Morgan fingerprint density at radius 1 is 1.32 bits per heavy atom. The molecule has 5 heteroatoms. The molecule has 0 atom stereocenters. The highest BCUT2D eigenvalue weighted by Crippen LogP contribution is 2.25. The number of hydrogen-bond donors (Lipinski definition) is 3. The SMILES string of the molecule is CNc1cnc2[nH]cc(C=C(C(N)=O)c3ccccc3)c2c1. The first-order valence-corrected chi connectivity index (χ1v) is 6.91. The van der Waals surface area contributed by atoms with Crippen LogP contribution in [0, 0.1) is 0 Å². The average Bonchev–Trinajstić information content (AvgIpc) is 2.95. The Balaban J connectivity index is 2.14. The van der Waals surface area contributed by atoms with Gasteiger partial charge in [-0.25, -0.2) is 4.98 Å². The lowest BCUT2D eigenvalue weighted by molar-refractivity contribution is -0.112. The van der Waals surface area contributed by atoms with Gasteiger partial charge in [-0.1, -0.05) is 30.3 Å². The fraction of sp³-hybridized carbons (Fsp3) is 0.0588. The molecular formula is C17H16N4O. The summed E-state index contributed by atoms with van der Waals surface area (Å²) >= 11 is 0. The molecule has 2 aromatic heterocycles. The maximum absolute atomic E-state index is 11.8. The molecule has 0 spiro atoms. The van der Waals surface area contributed by atoms with Crippen molar-refractivity contribution < 1.29 is 4.79 Å². The molecule has 1 aromatic carbocycles. The van der Waals surface area contributed by atoms with Crippen LogP contribution in [0.15, 0.2) is 48.8 Å². The van der Waals surface area contributed by atoms with E-state index in [0.29, 0.717) is 5.57 Å². The molecule has 0 aliphatic carbocycles. The third-order valence-electron chi connectivity index (χ3n) is 3.50. The minimum Gasteiger partial charge on any atom is -0.387 e. The number of carbonyl (C=O) groups is 1. The van der Waals surface area contributed by atoms with Crippen molar-refractivity contribution in [2.45, 2.75) is 0 Å². The van der Waals surface area contributed by atoms with Gasteiger partial charge in [0.25, 0.3) is 0 Å². The van der Waals surface area contributed by atoms with E-state index in [4.69, 9.17) is 5.73 Å². The van der Waals surface area contributed by atoms with E-state index in [1.54, 1.807) is 12.3 Å². The molecule has 0 aliphatic heterocycles. The van der Waals surface area contributed by atoms with Crippen molar-refractivity contribution in [1.29, 1.82) is 0 Å². The molecule has 3 aromatic rings. The molecule has 4 N–H and O–H groups in total. The van der Waals surface area contributed by atoms with Gasteiger partial charge in [0, 0.05) is 29.8 Å². The van der Waals surface area contributed by atoms with Gasteiger partial charge >= 0.3 is 0 Å². The second-order valence-electron chi connectivity index (χ2n) is 4.90. The van der Waals surface area contributed by atoms with Crippen molar-refractivity contribution in [2.24, 2.45) is 5.73 Å². The Labute approximate surface area is 127 Å². The summed E-state index contributed by atoms with van der Waals surface area (Å²) in [6.07, 6.45) is 5.36. The number of nitrogens with two attached hydrogens (primary N) is 1. The van der Waals surface area contributed by atoms with E-state index in [2.05, 4.69) is 15.3 Å². The van der Waals surface area contributed by atoms with Crippen LogP contribution in [-0.2, 0) is 4.79 Å². The van der Waals surface area contributed by atoms with Crippen LogP contribution >= 0.6 is 0 Å². The summed E-state index contributed by atoms with van der Waals surface area (Å²) in [4.78, 5) is 19.2. The number of primary amides is 1. The minimum atomic E-state index is -0.460. The maximum atomic E-state index is 11.8. The zero-order valence-corrected chi connectivity index (χ0v) is 12.1. The van der Waals surface area contributed by atoms with Crippen LogP contribution in [0.1, 0.15) is 11.1 Å². The number of aromatic nitrogens is 2. The lowest BCUT2D eigenvalue weighted by Crippen LogP contribution is -2.12. The highest BCUT2D eigenvalue weighted by molar-refractivity contribution is 6.24. The van der Waals surface area contributed by atoms with E-state index in [1.807, 2.05) is 49.6 Å². The lowest BCUT2D eigenvalue weighted by atomic mass is 10.0. The molecule has 0 aliphatic rings. The number of hydrogen-bond acceptors (Lipinski definition) is 3. The molecule has 3 rings (SSSR count). The topological polar surface area (TPSA) is 83.8 Å². The number of fused-ring (bicyclic) bond motifs is 1. The number of pyridine rings is 1. The van der Waals surface area contributed by atoms with Crippen molar-refractivity contribution in [3.8, 4) is 0 Å². The van der Waals surface area contributed by atoms with Gasteiger partial charge in [0.05, 0.1) is 11.9 Å². The van der Waals surface area contributed by atoms with Gasteiger partial charge in [0.2, 0.25) is 5.91 Å². The molecule has 0 fully saturated rings. The normalized spacial score (nSPS) is 11.6. The molecule has 110 valence electrons. The third-order valence-corrected chi connectivity index (χ3v) is 3.50. The number of benzene rings is 1. The van der Waals surface area contributed by atoms with Crippen molar-refractivity contribution in [1.82, 2.24) is 9.97 Å². The maximum Gasteiger partial charge on any atom is 0.249 e. The highest BCUT2D eigenvalue weighted by Gasteiger charge is 2.10. The second-order valence-corrected chi connectivity index (χ2v) is 4.90. The first kappa shape index (κ1) is 13.9. The van der Waals surface area contributed by atoms with Crippen LogP contribution in [0.25, 0.3) is 22.7 Å². The lowest BCUT2D eigenvalue weighted by Gasteiger charge is -2.04. The predicted molar refractivity (Wildman–Crippen MR) is 89.1 cm³/mol. The van der Waals surface area contributed by atoms with E-state index in [1.165, 1.54) is 0 Å². The average molecular weight is 292 g/mol. The molecule has 5 nitrogen and oxygen atoms in total. The Morgan fingerprint density at radius 2 is 2.09 bits per heavy atom. The van der Waals surface area contributed by atoms with Gasteiger partial charge in [0.1, 0.15) is 5.65 Å². The van der Waals surface area contributed by atoms with Crippen LogP contribution in [0.4, 0.5) is 5.69 Å². The molecule has 0 bridgehead atoms. The molecule has 0 saturated heterocycles. The molecule has 22 heavy (non-hydrogen) atoms. The van der Waals surface area contributed by atoms with Gasteiger partial charge in [-0.2, -0.15) is 0 Å². The first-order valence-electron chi connectivity index (χ1n) is 6.91. The second kappa shape index (κ2) is 5.73. The van der Waals surface area contributed by atoms with Gasteiger partial charge in [-0.15, -0.1) is 0 Å². The number of rotatable bonds is 4. The van der Waals surface area contributed by atoms with E-state index in [9.17, 15) is 4.79 Å².